The van der Waals surface area contributed by atoms with Crippen molar-refractivity contribution in [2.45, 2.75) is 18.2 Å². The molecule has 0 saturated heterocycles. The van der Waals surface area contributed by atoms with E-state index >= 15 is 0 Å². The van der Waals surface area contributed by atoms with Gasteiger partial charge >= 0.3 is 0 Å². The monoisotopic (exact) mass is 294 g/mol. The molecule has 0 spiro atoms. The third-order valence-corrected chi connectivity index (χ3v) is 4.01. The van der Waals surface area contributed by atoms with Crippen LogP contribution in [-0.2, 0) is 10.0 Å². The topological polar surface area (TPSA) is 92.4 Å². The zero-order valence-corrected chi connectivity index (χ0v) is 11.2. The highest BCUT2D eigenvalue weighted by atomic mass is 32.2. The molecule has 0 heterocycles. The molecule has 8 heteroatoms. The van der Waals surface area contributed by atoms with Crippen molar-refractivity contribution < 1.29 is 22.3 Å². The maximum Gasteiger partial charge on any atom is 0.246 e. The zero-order chi connectivity index (χ0) is 14.6. The van der Waals surface area contributed by atoms with Crippen LogP contribution in [0.2, 0.25) is 0 Å². The zero-order valence-electron chi connectivity index (χ0n) is 10.4. The summed E-state index contributed by atoms with van der Waals surface area (Å²) in [4.78, 5) is -1.04. The van der Waals surface area contributed by atoms with Gasteiger partial charge in [-0.05, 0) is 24.5 Å². The summed E-state index contributed by atoms with van der Waals surface area (Å²) in [6.07, 6.45) is 0.384. The Morgan fingerprint density at radius 1 is 1.37 bits per heavy atom. The smallest absolute Gasteiger partial charge is 0.246 e. The third-order valence-electron chi connectivity index (χ3n) is 2.53. The number of hydrogen-bond donors (Lipinski definition) is 3. The SMILES string of the molecule is CC(CCO)CNS(=O)(=O)c1c(F)cc(N)cc1F. The van der Waals surface area contributed by atoms with Crippen molar-refractivity contribution in [1.82, 2.24) is 4.72 Å². The first kappa shape index (κ1) is 15.8. The summed E-state index contributed by atoms with van der Waals surface area (Å²) in [5, 5.41) is 8.69. The van der Waals surface area contributed by atoms with E-state index < -0.39 is 26.6 Å². The molecule has 108 valence electrons. The maximum atomic E-state index is 13.5. The number of nitrogen functional groups attached to an aromatic ring is 1. The van der Waals surface area contributed by atoms with Gasteiger partial charge in [0.2, 0.25) is 10.0 Å². The Morgan fingerprint density at radius 3 is 2.37 bits per heavy atom. The summed E-state index contributed by atoms with van der Waals surface area (Å²) in [6, 6.07) is 1.49. The Balaban J connectivity index is 2.95. The van der Waals surface area contributed by atoms with Crippen molar-refractivity contribution in [3.63, 3.8) is 0 Å². The van der Waals surface area contributed by atoms with Crippen LogP contribution in [0.25, 0.3) is 0 Å². The van der Waals surface area contributed by atoms with E-state index in [9.17, 15) is 17.2 Å². The van der Waals surface area contributed by atoms with Gasteiger partial charge in [0.25, 0.3) is 0 Å². The molecule has 0 aliphatic heterocycles. The van der Waals surface area contributed by atoms with E-state index in [-0.39, 0.29) is 24.8 Å². The van der Waals surface area contributed by atoms with Crippen LogP contribution < -0.4 is 10.5 Å². The average Bonchev–Trinajstić information content (AvgIpc) is 2.25. The van der Waals surface area contributed by atoms with E-state index in [1.165, 1.54) is 0 Å². The molecule has 1 aromatic rings. The molecule has 1 aromatic carbocycles. The first-order chi connectivity index (χ1) is 8.77. The Labute approximate surface area is 110 Å². The van der Waals surface area contributed by atoms with Crippen LogP contribution >= 0.6 is 0 Å². The van der Waals surface area contributed by atoms with E-state index in [1.807, 2.05) is 0 Å². The highest BCUT2D eigenvalue weighted by Crippen LogP contribution is 2.21. The number of benzene rings is 1. The number of rotatable bonds is 6. The van der Waals surface area contributed by atoms with Gasteiger partial charge in [-0.15, -0.1) is 0 Å². The molecule has 1 atom stereocenters. The van der Waals surface area contributed by atoms with Crippen molar-refractivity contribution in [3.05, 3.63) is 23.8 Å². The van der Waals surface area contributed by atoms with Crippen LogP contribution in [0.15, 0.2) is 17.0 Å². The number of nitrogens with one attached hydrogen (secondary N) is 1. The van der Waals surface area contributed by atoms with E-state index in [1.54, 1.807) is 6.92 Å². The van der Waals surface area contributed by atoms with E-state index in [0.29, 0.717) is 6.42 Å². The third kappa shape index (κ3) is 4.12. The van der Waals surface area contributed by atoms with Gasteiger partial charge in [0, 0.05) is 18.8 Å². The van der Waals surface area contributed by atoms with Gasteiger partial charge in [-0.3, -0.25) is 0 Å². The standard InChI is InChI=1S/C11H16F2N2O3S/c1-7(2-3-16)6-15-19(17,18)11-9(12)4-8(14)5-10(11)13/h4-5,7,15-16H,2-3,6,14H2,1H3. The molecule has 0 saturated carbocycles. The second-order valence-electron chi connectivity index (χ2n) is 4.28. The lowest BCUT2D eigenvalue weighted by molar-refractivity contribution is 0.263. The van der Waals surface area contributed by atoms with Crippen LogP contribution in [0, 0.1) is 17.6 Å². The van der Waals surface area contributed by atoms with Crippen LogP contribution in [0.4, 0.5) is 14.5 Å². The lowest BCUT2D eigenvalue weighted by atomic mass is 10.1. The molecular weight excluding hydrogens is 278 g/mol. The summed E-state index contributed by atoms with van der Waals surface area (Å²) in [5.41, 5.74) is 5.02. The Hall–Kier alpha value is -1.25. The van der Waals surface area contributed by atoms with Gasteiger partial charge in [-0.25, -0.2) is 21.9 Å². The van der Waals surface area contributed by atoms with Crippen molar-refractivity contribution in [3.8, 4) is 0 Å². The molecule has 1 unspecified atom stereocenters. The second-order valence-corrected chi connectivity index (χ2v) is 5.99. The first-order valence-electron chi connectivity index (χ1n) is 5.63. The number of anilines is 1. The van der Waals surface area contributed by atoms with Crippen molar-refractivity contribution in [2.75, 3.05) is 18.9 Å². The number of aliphatic hydroxyl groups is 1. The highest BCUT2D eigenvalue weighted by Gasteiger charge is 2.24. The quantitative estimate of drug-likeness (QED) is 0.678. The largest absolute Gasteiger partial charge is 0.399 e. The first-order valence-corrected chi connectivity index (χ1v) is 7.11. The van der Waals surface area contributed by atoms with E-state index in [2.05, 4.69) is 4.72 Å². The highest BCUT2D eigenvalue weighted by molar-refractivity contribution is 7.89. The van der Waals surface area contributed by atoms with Gasteiger partial charge in [0.1, 0.15) is 11.6 Å². The van der Waals surface area contributed by atoms with Gasteiger partial charge in [0.05, 0.1) is 0 Å². The maximum absolute atomic E-state index is 13.5. The van der Waals surface area contributed by atoms with E-state index in [0.717, 1.165) is 12.1 Å². The summed E-state index contributed by atoms with van der Waals surface area (Å²) in [7, 11) is -4.29. The fourth-order valence-corrected chi connectivity index (χ4v) is 2.76. The molecule has 0 radical (unpaired) electrons. The summed E-state index contributed by atoms with van der Waals surface area (Å²) < 4.78 is 52.7. The van der Waals surface area contributed by atoms with Gasteiger partial charge in [-0.2, -0.15) is 0 Å². The number of sulfonamides is 1. The molecule has 0 aliphatic carbocycles. The molecule has 1 rings (SSSR count). The van der Waals surface area contributed by atoms with Crippen LogP contribution in [0.1, 0.15) is 13.3 Å². The molecular formula is C11H16F2N2O3S. The molecule has 0 bridgehead atoms. The molecule has 0 aromatic heterocycles. The number of aliphatic hydroxyl groups excluding tert-OH is 1. The predicted molar refractivity (Wildman–Crippen MR) is 66.8 cm³/mol. The molecule has 5 nitrogen and oxygen atoms in total. The fraction of sp³-hybridized carbons (Fsp3) is 0.455. The molecule has 0 amide bonds. The lowest BCUT2D eigenvalue weighted by Crippen LogP contribution is -2.30. The minimum absolute atomic E-state index is 0.0217. The number of nitrogens with two attached hydrogens (primary N) is 1. The van der Waals surface area contributed by atoms with Gasteiger partial charge in [0.15, 0.2) is 4.90 Å². The lowest BCUT2D eigenvalue weighted by Gasteiger charge is -2.13. The Kier molecular flexibility index (Phi) is 5.21. The Bertz CT molecular complexity index is 526. The minimum Gasteiger partial charge on any atom is -0.399 e. The summed E-state index contributed by atoms with van der Waals surface area (Å²) >= 11 is 0. The average molecular weight is 294 g/mol. The number of halogens is 2. The summed E-state index contributed by atoms with van der Waals surface area (Å²) in [6.45, 7) is 1.59. The van der Waals surface area contributed by atoms with Crippen molar-refractivity contribution in [1.29, 1.82) is 0 Å². The van der Waals surface area contributed by atoms with Crippen LogP contribution in [0.5, 0.6) is 0 Å². The fourth-order valence-electron chi connectivity index (χ4n) is 1.48. The van der Waals surface area contributed by atoms with Crippen LogP contribution in [0.3, 0.4) is 0 Å². The predicted octanol–water partition coefficient (Wildman–Crippen LogP) is 0.844. The second kappa shape index (κ2) is 6.27. The normalized spacial score (nSPS) is 13.5. The molecule has 0 fully saturated rings. The molecule has 19 heavy (non-hydrogen) atoms. The van der Waals surface area contributed by atoms with Gasteiger partial charge in [-0.1, -0.05) is 6.92 Å². The van der Waals surface area contributed by atoms with Crippen molar-refractivity contribution in [2.24, 2.45) is 5.92 Å². The van der Waals surface area contributed by atoms with E-state index in [4.69, 9.17) is 10.8 Å². The van der Waals surface area contributed by atoms with Gasteiger partial charge < -0.3 is 10.8 Å². The molecule has 4 N–H and O–H groups in total. The number of hydrogen-bond acceptors (Lipinski definition) is 4. The molecule has 0 aliphatic rings. The Morgan fingerprint density at radius 2 is 1.89 bits per heavy atom. The van der Waals surface area contributed by atoms with Crippen molar-refractivity contribution >= 4 is 15.7 Å². The summed E-state index contributed by atoms with van der Waals surface area (Å²) in [5.74, 6) is -2.63. The van der Waals surface area contributed by atoms with Crippen LogP contribution in [-0.4, -0.2) is 26.7 Å². The minimum atomic E-state index is -4.29.